The Kier molecular flexibility index (Phi) is 4.87. The fourth-order valence-corrected chi connectivity index (χ4v) is 3.93. The zero-order valence-corrected chi connectivity index (χ0v) is 15.8. The van der Waals surface area contributed by atoms with E-state index in [1.807, 2.05) is 13.2 Å². The standard InChI is InChI=1S/C20H25N2OSi/c1-14-7-5-10-17-18(13-22(2)20(23)19(14)17)16-9-6-8-15(11-16)12-21-24(3)4/h5-11,13-14,19,21H,12H2,1-4H3. The van der Waals surface area contributed by atoms with Gasteiger partial charge in [0.05, 0.1) is 5.92 Å². The Balaban J connectivity index is 1.97. The second kappa shape index (κ2) is 6.91. The van der Waals surface area contributed by atoms with Gasteiger partial charge in [0.25, 0.3) is 0 Å². The Morgan fingerprint density at radius 1 is 1.29 bits per heavy atom. The number of allylic oxidation sites excluding steroid dienone is 4. The molecule has 1 N–H and O–H groups in total. The van der Waals surface area contributed by atoms with Crippen molar-refractivity contribution in [2.75, 3.05) is 7.05 Å². The van der Waals surface area contributed by atoms with Crippen LogP contribution < -0.4 is 4.98 Å². The number of hydrogen-bond acceptors (Lipinski definition) is 2. The van der Waals surface area contributed by atoms with Crippen LogP contribution in [0, 0.1) is 11.8 Å². The molecular weight excluding hydrogens is 312 g/mol. The van der Waals surface area contributed by atoms with Gasteiger partial charge in [0.2, 0.25) is 5.91 Å². The average Bonchev–Trinajstić information content (AvgIpc) is 2.56. The summed E-state index contributed by atoms with van der Waals surface area (Å²) in [5.41, 5.74) is 4.79. The van der Waals surface area contributed by atoms with E-state index in [1.54, 1.807) is 4.90 Å². The molecule has 4 heteroatoms. The predicted molar refractivity (Wildman–Crippen MR) is 101 cm³/mol. The molecule has 0 saturated carbocycles. The number of benzene rings is 1. The average molecular weight is 338 g/mol. The number of amides is 1. The zero-order valence-electron chi connectivity index (χ0n) is 14.8. The summed E-state index contributed by atoms with van der Waals surface area (Å²) in [6.07, 6.45) is 8.29. The quantitative estimate of drug-likeness (QED) is 0.852. The number of carbonyl (C=O) groups excluding carboxylic acids is 1. The van der Waals surface area contributed by atoms with Crippen LogP contribution in [0.4, 0.5) is 0 Å². The molecular formula is C20H25N2OSi. The lowest BCUT2D eigenvalue weighted by Gasteiger charge is -2.35. The fraction of sp³-hybridized carbons (Fsp3) is 0.350. The summed E-state index contributed by atoms with van der Waals surface area (Å²) in [6.45, 7) is 7.53. The van der Waals surface area contributed by atoms with E-state index in [0.717, 1.165) is 12.1 Å². The van der Waals surface area contributed by atoms with Gasteiger partial charge in [0.15, 0.2) is 0 Å². The van der Waals surface area contributed by atoms with Gasteiger partial charge in [-0.05, 0) is 28.7 Å². The minimum atomic E-state index is -0.449. The first-order valence-corrected chi connectivity index (χ1v) is 11.0. The van der Waals surface area contributed by atoms with Crippen LogP contribution in [0.1, 0.15) is 18.1 Å². The smallest absolute Gasteiger partial charge is 0.234 e. The van der Waals surface area contributed by atoms with E-state index in [2.05, 4.69) is 67.5 Å². The van der Waals surface area contributed by atoms with E-state index >= 15 is 0 Å². The van der Waals surface area contributed by atoms with E-state index < -0.39 is 8.96 Å². The van der Waals surface area contributed by atoms with Gasteiger partial charge < -0.3 is 9.88 Å². The Labute approximate surface area is 146 Å². The molecule has 1 heterocycles. The number of nitrogens with zero attached hydrogens (tertiary/aromatic N) is 1. The second-order valence-electron chi connectivity index (χ2n) is 6.89. The van der Waals surface area contributed by atoms with E-state index in [0.29, 0.717) is 0 Å². The lowest BCUT2D eigenvalue weighted by molar-refractivity contribution is -0.131. The molecule has 1 aromatic carbocycles. The third-order valence-corrected chi connectivity index (χ3v) is 5.57. The van der Waals surface area contributed by atoms with Gasteiger partial charge in [0, 0.05) is 25.4 Å². The molecule has 2 unspecified atom stereocenters. The van der Waals surface area contributed by atoms with Crippen molar-refractivity contribution < 1.29 is 4.79 Å². The molecule has 2 atom stereocenters. The number of hydrogen-bond donors (Lipinski definition) is 1. The van der Waals surface area contributed by atoms with Crippen LogP contribution in [0.15, 0.2) is 54.3 Å². The molecule has 125 valence electrons. The van der Waals surface area contributed by atoms with Crippen molar-refractivity contribution in [1.29, 1.82) is 0 Å². The Morgan fingerprint density at radius 3 is 2.83 bits per heavy atom. The highest BCUT2D eigenvalue weighted by molar-refractivity contribution is 6.52. The monoisotopic (exact) mass is 337 g/mol. The maximum atomic E-state index is 12.6. The van der Waals surface area contributed by atoms with E-state index in [4.69, 9.17) is 0 Å². The Bertz CT molecular complexity index is 733. The molecule has 1 radical (unpaired) electrons. The number of fused-ring (bicyclic) bond motifs is 1. The Hall–Kier alpha value is -1.91. The lowest BCUT2D eigenvalue weighted by Crippen LogP contribution is -2.38. The maximum Gasteiger partial charge on any atom is 0.234 e. The largest absolute Gasteiger partial charge is 0.334 e. The third-order valence-electron chi connectivity index (χ3n) is 4.68. The van der Waals surface area contributed by atoms with Crippen LogP contribution in [0.5, 0.6) is 0 Å². The van der Waals surface area contributed by atoms with Crippen molar-refractivity contribution in [3.8, 4) is 0 Å². The SMILES string of the molecule is CC1C=CC=C2C(c3cccc(CN[Si](C)C)c3)=CN(C)C(=O)C21. The molecule has 1 aliphatic carbocycles. The zero-order chi connectivity index (χ0) is 17.3. The van der Waals surface area contributed by atoms with E-state index in [-0.39, 0.29) is 17.7 Å². The third kappa shape index (κ3) is 3.30. The van der Waals surface area contributed by atoms with E-state index in [9.17, 15) is 4.79 Å². The first kappa shape index (κ1) is 16.9. The van der Waals surface area contributed by atoms with Crippen molar-refractivity contribution >= 4 is 20.4 Å². The Morgan fingerprint density at radius 2 is 2.08 bits per heavy atom. The minimum absolute atomic E-state index is 0.0668. The van der Waals surface area contributed by atoms with Crippen LogP contribution >= 0.6 is 0 Å². The van der Waals surface area contributed by atoms with Crippen molar-refractivity contribution in [3.05, 3.63) is 65.4 Å². The lowest BCUT2D eigenvalue weighted by atomic mass is 9.76. The topological polar surface area (TPSA) is 32.3 Å². The highest BCUT2D eigenvalue weighted by atomic mass is 28.3. The molecule has 0 saturated heterocycles. The molecule has 1 amide bonds. The second-order valence-corrected chi connectivity index (χ2v) is 9.24. The summed E-state index contributed by atoms with van der Waals surface area (Å²) in [6, 6.07) is 8.66. The van der Waals surface area contributed by atoms with Gasteiger partial charge in [0.1, 0.15) is 8.96 Å². The van der Waals surface area contributed by atoms with Crippen LogP contribution in [0.2, 0.25) is 13.1 Å². The summed E-state index contributed by atoms with van der Waals surface area (Å²) < 4.78 is 0. The molecule has 3 nitrogen and oxygen atoms in total. The number of rotatable bonds is 4. The molecule has 24 heavy (non-hydrogen) atoms. The van der Waals surface area contributed by atoms with Crippen LogP contribution in [-0.2, 0) is 11.3 Å². The molecule has 3 rings (SSSR count). The molecule has 0 spiro atoms. The summed E-state index contributed by atoms with van der Waals surface area (Å²) in [4.78, 5) is 17.9. The summed E-state index contributed by atoms with van der Waals surface area (Å²) >= 11 is 0. The minimum Gasteiger partial charge on any atom is -0.334 e. The highest BCUT2D eigenvalue weighted by Crippen LogP contribution is 2.40. The number of carbonyl (C=O) groups is 1. The predicted octanol–water partition coefficient (Wildman–Crippen LogP) is 3.59. The fourth-order valence-electron chi connectivity index (χ4n) is 3.37. The first-order valence-electron chi connectivity index (χ1n) is 8.48. The maximum absolute atomic E-state index is 12.6. The summed E-state index contributed by atoms with van der Waals surface area (Å²) in [5.74, 6) is 0.352. The van der Waals surface area contributed by atoms with Gasteiger partial charge in [-0.15, -0.1) is 0 Å². The van der Waals surface area contributed by atoms with Gasteiger partial charge >= 0.3 is 0 Å². The first-order chi connectivity index (χ1) is 11.5. The van der Waals surface area contributed by atoms with Crippen molar-refractivity contribution in [2.24, 2.45) is 11.8 Å². The highest BCUT2D eigenvalue weighted by Gasteiger charge is 2.36. The summed E-state index contributed by atoms with van der Waals surface area (Å²) in [5, 5.41) is 0. The van der Waals surface area contributed by atoms with Gasteiger partial charge in [-0.2, -0.15) is 0 Å². The van der Waals surface area contributed by atoms with Crippen LogP contribution in [-0.4, -0.2) is 26.8 Å². The van der Waals surface area contributed by atoms with Crippen LogP contribution in [0.3, 0.4) is 0 Å². The van der Waals surface area contributed by atoms with Gasteiger partial charge in [-0.1, -0.05) is 56.4 Å². The molecule has 0 aromatic heterocycles. The van der Waals surface area contributed by atoms with Crippen molar-refractivity contribution in [2.45, 2.75) is 26.6 Å². The molecule has 2 aliphatic rings. The van der Waals surface area contributed by atoms with Gasteiger partial charge in [-0.25, -0.2) is 0 Å². The number of nitrogens with one attached hydrogen (secondary N) is 1. The van der Waals surface area contributed by atoms with Gasteiger partial charge in [-0.3, -0.25) is 4.79 Å². The molecule has 0 bridgehead atoms. The van der Waals surface area contributed by atoms with Crippen molar-refractivity contribution in [3.63, 3.8) is 0 Å². The molecule has 1 aliphatic heterocycles. The molecule has 1 aromatic rings. The summed E-state index contributed by atoms with van der Waals surface area (Å²) in [7, 11) is 1.41. The van der Waals surface area contributed by atoms with Crippen molar-refractivity contribution in [1.82, 2.24) is 9.88 Å². The van der Waals surface area contributed by atoms with Crippen LogP contribution in [0.25, 0.3) is 5.57 Å². The normalized spacial score (nSPS) is 23.2. The van der Waals surface area contributed by atoms with E-state index in [1.165, 1.54) is 16.7 Å². The molecule has 0 fully saturated rings.